The van der Waals surface area contributed by atoms with Crippen LogP contribution in [0.4, 0.5) is 0 Å². The number of allylic oxidation sites excluding steroid dienone is 28. The van der Waals surface area contributed by atoms with E-state index in [2.05, 4.69) is 191 Å². The Hall–Kier alpha value is -5.23. The summed E-state index contributed by atoms with van der Waals surface area (Å²) in [7, 11) is 0. The molecule has 78 heavy (non-hydrogen) atoms. The lowest BCUT2D eigenvalue weighted by Gasteiger charge is -2.18. The van der Waals surface area contributed by atoms with Crippen LogP contribution >= 0.6 is 0 Å². The molecular formula is C72H112O6. The molecule has 0 saturated carbocycles. The summed E-state index contributed by atoms with van der Waals surface area (Å²) in [6.45, 7) is 6.32. The minimum absolute atomic E-state index is 0.116. The number of carbonyl (C=O) groups is 3. The summed E-state index contributed by atoms with van der Waals surface area (Å²) in [4.78, 5) is 38.2. The molecule has 0 aliphatic carbocycles. The topological polar surface area (TPSA) is 78.9 Å². The number of unbranched alkanes of at least 4 members (excludes halogenated alkanes) is 15. The van der Waals surface area contributed by atoms with Gasteiger partial charge < -0.3 is 14.2 Å². The maximum absolute atomic E-state index is 12.9. The van der Waals surface area contributed by atoms with Crippen LogP contribution in [0.5, 0.6) is 0 Å². The summed E-state index contributed by atoms with van der Waals surface area (Å²) in [6, 6.07) is 0. The molecule has 0 aromatic rings. The molecule has 0 amide bonds. The van der Waals surface area contributed by atoms with Gasteiger partial charge in [0.05, 0.1) is 0 Å². The van der Waals surface area contributed by atoms with Gasteiger partial charge in [-0.3, -0.25) is 14.4 Å². The van der Waals surface area contributed by atoms with E-state index in [1.54, 1.807) is 0 Å². The second-order valence-electron chi connectivity index (χ2n) is 19.9. The first kappa shape index (κ1) is 72.8. The van der Waals surface area contributed by atoms with Crippen LogP contribution in [0.3, 0.4) is 0 Å². The molecule has 0 radical (unpaired) electrons. The molecule has 1 atom stereocenters. The molecule has 0 aromatic heterocycles. The van der Waals surface area contributed by atoms with Crippen molar-refractivity contribution in [1.29, 1.82) is 0 Å². The first-order valence-corrected chi connectivity index (χ1v) is 31.1. The van der Waals surface area contributed by atoms with Crippen molar-refractivity contribution in [3.63, 3.8) is 0 Å². The second kappa shape index (κ2) is 64.3. The van der Waals surface area contributed by atoms with Gasteiger partial charge in [0.15, 0.2) is 6.10 Å². The van der Waals surface area contributed by atoms with E-state index in [0.29, 0.717) is 19.3 Å². The molecule has 0 heterocycles. The van der Waals surface area contributed by atoms with Crippen LogP contribution in [0.25, 0.3) is 0 Å². The van der Waals surface area contributed by atoms with E-state index in [1.807, 2.05) is 0 Å². The molecule has 1 unspecified atom stereocenters. The number of hydrogen-bond acceptors (Lipinski definition) is 6. The van der Waals surface area contributed by atoms with Crippen molar-refractivity contribution < 1.29 is 28.6 Å². The molecule has 0 N–H and O–H groups in total. The van der Waals surface area contributed by atoms with Crippen molar-refractivity contribution in [2.75, 3.05) is 13.2 Å². The normalized spacial score (nSPS) is 13.3. The highest BCUT2D eigenvalue weighted by atomic mass is 16.6. The van der Waals surface area contributed by atoms with Gasteiger partial charge in [-0.25, -0.2) is 0 Å². The van der Waals surface area contributed by atoms with Gasteiger partial charge in [-0.1, -0.05) is 262 Å². The van der Waals surface area contributed by atoms with Crippen LogP contribution in [0, 0.1) is 0 Å². The van der Waals surface area contributed by atoms with E-state index in [1.165, 1.54) is 57.8 Å². The molecule has 0 saturated heterocycles. The standard InChI is InChI=1S/C72H112O6/c1-4-7-10-13-16-19-22-25-27-29-31-33-34-35-36-37-38-40-41-43-45-47-50-53-56-59-62-65-71(74)77-68-69(67-76-70(73)64-61-58-55-52-49-24-21-18-15-12-9-6-3)78-72(75)66-63-60-57-54-51-48-46-44-42-39-32-30-28-26-23-20-17-14-11-8-5-2/h7-8,10-11,16-17,19-20,25-28,31-33,35-36,38-40,43-46,50-51,53-54,69H,4-6,9,12-15,18,21-24,29-30,34,37,41-42,47-49,52,55-68H2,1-3H3/b10-7-,11-8-,19-16-,20-17-,27-25-,28-26-,33-31-,36-35-,39-32-,40-38-,45-43-,46-44-,53-50-,54-51-. The minimum Gasteiger partial charge on any atom is -0.462 e. The Morgan fingerprint density at radius 2 is 0.500 bits per heavy atom. The first-order chi connectivity index (χ1) is 38.5. The first-order valence-electron chi connectivity index (χ1n) is 31.1. The molecule has 6 heteroatoms. The van der Waals surface area contributed by atoms with Gasteiger partial charge in [0.25, 0.3) is 0 Å². The molecule has 0 aliphatic heterocycles. The average molecular weight is 1070 g/mol. The summed E-state index contributed by atoms with van der Waals surface area (Å²) in [5.41, 5.74) is 0. The van der Waals surface area contributed by atoms with Gasteiger partial charge in [-0.15, -0.1) is 0 Å². The van der Waals surface area contributed by atoms with Crippen LogP contribution < -0.4 is 0 Å². The Balaban J connectivity index is 4.52. The van der Waals surface area contributed by atoms with Crippen molar-refractivity contribution in [2.24, 2.45) is 0 Å². The zero-order chi connectivity index (χ0) is 56.4. The number of carbonyl (C=O) groups excluding carboxylic acids is 3. The number of hydrogen-bond donors (Lipinski definition) is 0. The third kappa shape index (κ3) is 61.6. The van der Waals surface area contributed by atoms with Crippen molar-refractivity contribution in [3.05, 3.63) is 170 Å². The van der Waals surface area contributed by atoms with E-state index in [4.69, 9.17) is 14.2 Å². The lowest BCUT2D eigenvalue weighted by molar-refractivity contribution is -0.167. The fraction of sp³-hybridized carbons (Fsp3) is 0.569. The van der Waals surface area contributed by atoms with Crippen LogP contribution in [0.1, 0.15) is 245 Å². The van der Waals surface area contributed by atoms with Crippen LogP contribution in [0.15, 0.2) is 170 Å². The van der Waals surface area contributed by atoms with E-state index in [9.17, 15) is 14.4 Å². The third-order valence-corrected chi connectivity index (χ3v) is 12.5. The molecule has 0 aromatic carbocycles. The smallest absolute Gasteiger partial charge is 0.306 e. The maximum atomic E-state index is 12.9. The van der Waals surface area contributed by atoms with Crippen molar-refractivity contribution >= 4 is 17.9 Å². The lowest BCUT2D eigenvalue weighted by atomic mass is 10.0. The average Bonchev–Trinajstić information content (AvgIpc) is 3.44. The summed E-state index contributed by atoms with van der Waals surface area (Å²) >= 11 is 0. The van der Waals surface area contributed by atoms with Gasteiger partial charge in [0.2, 0.25) is 0 Å². The molecule has 0 aliphatic rings. The Bertz CT molecular complexity index is 1810. The Morgan fingerprint density at radius 1 is 0.269 bits per heavy atom. The van der Waals surface area contributed by atoms with Crippen LogP contribution in [-0.2, 0) is 28.6 Å². The number of esters is 3. The largest absolute Gasteiger partial charge is 0.462 e. The second-order valence-corrected chi connectivity index (χ2v) is 19.9. The Kier molecular flexibility index (Phi) is 60.0. The maximum Gasteiger partial charge on any atom is 0.306 e. The van der Waals surface area contributed by atoms with E-state index in [0.717, 1.165) is 135 Å². The predicted octanol–water partition coefficient (Wildman–Crippen LogP) is 21.5. The van der Waals surface area contributed by atoms with Gasteiger partial charge in [0, 0.05) is 19.3 Å². The monoisotopic (exact) mass is 1070 g/mol. The van der Waals surface area contributed by atoms with E-state index < -0.39 is 6.10 Å². The van der Waals surface area contributed by atoms with Crippen LogP contribution in [0.2, 0.25) is 0 Å². The Morgan fingerprint density at radius 3 is 0.782 bits per heavy atom. The number of rotatable bonds is 54. The third-order valence-electron chi connectivity index (χ3n) is 12.5. The molecule has 6 nitrogen and oxygen atoms in total. The van der Waals surface area contributed by atoms with Gasteiger partial charge in [0.1, 0.15) is 13.2 Å². The fourth-order valence-corrected chi connectivity index (χ4v) is 7.87. The fourth-order valence-electron chi connectivity index (χ4n) is 7.87. The SMILES string of the molecule is CC/C=C\C/C=C\C/C=C\C/C=C\C/C=C\C/C=C\C/C=C\C/C=C\CCCCC(=O)OCC(COC(=O)CCCCCCCCCCCCCC)OC(=O)CCCC/C=C\C/C=C\C/C=C\C/C=C\C/C=C\C/C=C\CC. The van der Waals surface area contributed by atoms with E-state index >= 15 is 0 Å². The van der Waals surface area contributed by atoms with Gasteiger partial charge in [-0.2, -0.15) is 0 Å². The van der Waals surface area contributed by atoms with Crippen molar-refractivity contribution in [1.82, 2.24) is 0 Å². The lowest BCUT2D eigenvalue weighted by Crippen LogP contribution is -2.30. The predicted molar refractivity (Wildman–Crippen MR) is 338 cm³/mol. The number of ether oxygens (including phenoxy) is 3. The van der Waals surface area contributed by atoms with E-state index in [-0.39, 0.29) is 44.0 Å². The highest BCUT2D eigenvalue weighted by molar-refractivity contribution is 5.71. The molecule has 0 spiro atoms. The zero-order valence-electron chi connectivity index (χ0n) is 49.9. The molecule has 0 rings (SSSR count). The zero-order valence-corrected chi connectivity index (χ0v) is 49.9. The summed E-state index contributed by atoms with van der Waals surface area (Å²) in [5, 5.41) is 0. The Labute approximate surface area is 479 Å². The molecule has 0 bridgehead atoms. The van der Waals surface area contributed by atoms with Gasteiger partial charge >= 0.3 is 17.9 Å². The van der Waals surface area contributed by atoms with Gasteiger partial charge in [-0.05, 0) is 135 Å². The van der Waals surface area contributed by atoms with Crippen molar-refractivity contribution in [2.45, 2.75) is 252 Å². The summed E-state index contributed by atoms with van der Waals surface area (Å²) in [6.07, 6.45) is 95.0. The minimum atomic E-state index is -0.828. The highest BCUT2D eigenvalue weighted by Gasteiger charge is 2.19. The molecular weight excluding hydrogens is 961 g/mol. The van der Waals surface area contributed by atoms with Crippen LogP contribution in [-0.4, -0.2) is 37.2 Å². The molecule has 436 valence electrons. The summed E-state index contributed by atoms with van der Waals surface area (Å²) < 4.78 is 16.8. The molecule has 0 fully saturated rings. The highest BCUT2D eigenvalue weighted by Crippen LogP contribution is 2.14. The quantitative estimate of drug-likeness (QED) is 0.0261. The summed E-state index contributed by atoms with van der Waals surface area (Å²) in [5.74, 6) is -1.01. The van der Waals surface area contributed by atoms with Crippen molar-refractivity contribution in [3.8, 4) is 0 Å².